The van der Waals surface area contributed by atoms with Gasteiger partial charge in [0, 0.05) is 30.2 Å². The van der Waals surface area contributed by atoms with Crippen LogP contribution in [0.25, 0.3) is 4.96 Å². The molecule has 0 spiro atoms. The molecular weight excluding hydrogens is 287 g/mol. The predicted octanol–water partition coefficient (Wildman–Crippen LogP) is 2.73. The summed E-state index contributed by atoms with van der Waals surface area (Å²) in [5.41, 5.74) is 8.95. The lowest BCUT2D eigenvalue weighted by atomic mass is 10.1. The molecule has 0 fully saturated rings. The van der Waals surface area contributed by atoms with Crippen LogP contribution in [0.5, 0.6) is 0 Å². The summed E-state index contributed by atoms with van der Waals surface area (Å²) in [7, 11) is 0. The molecule has 1 aromatic carbocycles. The second-order valence-corrected chi connectivity index (χ2v) is 6.02. The normalized spacial score (nSPS) is 14.1. The Morgan fingerprint density at radius 1 is 1.38 bits per heavy atom. The first-order chi connectivity index (χ1) is 10.3. The van der Waals surface area contributed by atoms with Gasteiger partial charge in [-0.1, -0.05) is 6.07 Å². The molecule has 6 heteroatoms. The molecule has 0 amide bonds. The lowest BCUT2D eigenvalue weighted by Crippen LogP contribution is -2.17. The highest BCUT2D eigenvalue weighted by Crippen LogP contribution is 2.37. The van der Waals surface area contributed by atoms with Gasteiger partial charge in [-0.3, -0.25) is 4.40 Å². The van der Waals surface area contributed by atoms with Crippen molar-refractivity contribution < 1.29 is 4.39 Å². The molecule has 0 aliphatic carbocycles. The maximum Gasteiger partial charge on any atom is 0.195 e. The number of thiazole rings is 1. The summed E-state index contributed by atoms with van der Waals surface area (Å²) < 4.78 is 15.7. The van der Waals surface area contributed by atoms with E-state index in [0.29, 0.717) is 6.54 Å². The van der Waals surface area contributed by atoms with Crippen LogP contribution in [0.2, 0.25) is 0 Å². The summed E-state index contributed by atoms with van der Waals surface area (Å²) in [6, 6.07) is 4.99. The van der Waals surface area contributed by atoms with Crippen LogP contribution in [-0.4, -0.2) is 22.5 Å². The van der Waals surface area contributed by atoms with Crippen LogP contribution in [0.1, 0.15) is 11.3 Å². The number of anilines is 2. The van der Waals surface area contributed by atoms with Gasteiger partial charge in [-0.15, -0.1) is 11.3 Å². The Kier molecular flexibility index (Phi) is 2.94. The van der Waals surface area contributed by atoms with Crippen LogP contribution in [0, 0.1) is 5.82 Å². The number of hydrogen-bond acceptors (Lipinski definition) is 4. The lowest BCUT2D eigenvalue weighted by Gasteiger charge is -2.18. The molecule has 0 radical (unpaired) electrons. The molecule has 108 valence electrons. The van der Waals surface area contributed by atoms with Gasteiger partial charge in [-0.05, 0) is 30.7 Å². The Morgan fingerprint density at radius 3 is 3.14 bits per heavy atom. The van der Waals surface area contributed by atoms with E-state index in [1.165, 1.54) is 11.6 Å². The van der Waals surface area contributed by atoms with Gasteiger partial charge in [0.25, 0.3) is 0 Å². The average molecular weight is 302 g/mol. The van der Waals surface area contributed by atoms with Gasteiger partial charge in [-0.25, -0.2) is 9.37 Å². The van der Waals surface area contributed by atoms with Crippen molar-refractivity contribution in [3.63, 3.8) is 0 Å². The van der Waals surface area contributed by atoms with E-state index < -0.39 is 0 Å². The van der Waals surface area contributed by atoms with E-state index in [4.69, 9.17) is 10.7 Å². The highest BCUT2D eigenvalue weighted by atomic mass is 32.1. The summed E-state index contributed by atoms with van der Waals surface area (Å²) in [6.45, 7) is 1.40. The number of rotatable bonds is 3. The van der Waals surface area contributed by atoms with Gasteiger partial charge in [0.05, 0.1) is 5.69 Å². The Morgan fingerprint density at radius 2 is 2.29 bits per heavy atom. The lowest BCUT2D eigenvalue weighted by molar-refractivity contribution is 0.628. The van der Waals surface area contributed by atoms with Crippen LogP contribution in [0.4, 0.5) is 15.9 Å². The Balaban J connectivity index is 1.86. The van der Waals surface area contributed by atoms with Gasteiger partial charge < -0.3 is 10.6 Å². The van der Waals surface area contributed by atoms with Crippen molar-refractivity contribution in [2.24, 2.45) is 5.73 Å². The van der Waals surface area contributed by atoms with Crippen molar-refractivity contribution in [2.75, 3.05) is 18.0 Å². The minimum absolute atomic E-state index is 0.206. The second kappa shape index (κ2) is 4.82. The van der Waals surface area contributed by atoms with Crippen molar-refractivity contribution in [3.8, 4) is 0 Å². The van der Waals surface area contributed by atoms with Crippen LogP contribution < -0.4 is 10.6 Å². The molecule has 3 aromatic rings. The molecule has 0 atom stereocenters. The monoisotopic (exact) mass is 302 g/mol. The zero-order chi connectivity index (χ0) is 14.4. The fourth-order valence-corrected chi connectivity index (χ4v) is 3.71. The summed E-state index contributed by atoms with van der Waals surface area (Å²) >= 11 is 1.60. The van der Waals surface area contributed by atoms with Gasteiger partial charge in [0.2, 0.25) is 0 Å². The second-order valence-electron chi connectivity index (χ2n) is 5.15. The SMILES string of the molecule is NCCc1c(N2CCc3ccc(F)cc32)nc2sccn12. The number of imidazole rings is 1. The zero-order valence-corrected chi connectivity index (χ0v) is 12.2. The van der Waals surface area contributed by atoms with Crippen molar-refractivity contribution in [1.82, 2.24) is 9.38 Å². The van der Waals surface area contributed by atoms with Gasteiger partial charge in [0.15, 0.2) is 10.8 Å². The van der Waals surface area contributed by atoms with Gasteiger partial charge in [-0.2, -0.15) is 0 Å². The first kappa shape index (κ1) is 12.8. The zero-order valence-electron chi connectivity index (χ0n) is 11.4. The highest BCUT2D eigenvalue weighted by Gasteiger charge is 2.26. The number of halogens is 1. The van der Waals surface area contributed by atoms with E-state index in [-0.39, 0.29) is 5.82 Å². The molecular formula is C15H15FN4S. The van der Waals surface area contributed by atoms with Crippen molar-refractivity contribution in [1.29, 1.82) is 0 Å². The molecule has 1 aliphatic rings. The molecule has 4 nitrogen and oxygen atoms in total. The largest absolute Gasteiger partial charge is 0.330 e. The summed E-state index contributed by atoms with van der Waals surface area (Å²) in [4.78, 5) is 7.80. The van der Waals surface area contributed by atoms with Crippen LogP contribution >= 0.6 is 11.3 Å². The van der Waals surface area contributed by atoms with Crippen LogP contribution in [0.15, 0.2) is 29.8 Å². The van der Waals surface area contributed by atoms with E-state index in [1.54, 1.807) is 17.4 Å². The number of aromatic nitrogens is 2. The van der Waals surface area contributed by atoms with Crippen molar-refractivity contribution >= 4 is 27.8 Å². The predicted molar refractivity (Wildman–Crippen MR) is 82.9 cm³/mol. The average Bonchev–Trinajstić information content (AvgIpc) is 3.14. The molecule has 4 rings (SSSR count). The third kappa shape index (κ3) is 1.94. The maximum atomic E-state index is 13.6. The summed E-state index contributed by atoms with van der Waals surface area (Å²) in [5.74, 6) is 0.707. The van der Waals surface area contributed by atoms with E-state index in [2.05, 4.69) is 9.30 Å². The molecule has 1 aliphatic heterocycles. The molecule has 3 heterocycles. The van der Waals surface area contributed by atoms with E-state index in [9.17, 15) is 4.39 Å². The topological polar surface area (TPSA) is 46.6 Å². The smallest absolute Gasteiger partial charge is 0.195 e. The fraction of sp³-hybridized carbons (Fsp3) is 0.267. The fourth-order valence-electron chi connectivity index (χ4n) is 2.98. The minimum atomic E-state index is -0.206. The van der Waals surface area contributed by atoms with E-state index >= 15 is 0 Å². The minimum Gasteiger partial charge on any atom is -0.330 e. The molecule has 2 aromatic heterocycles. The van der Waals surface area contributed by atoms with Gasteiger partial charge >= 0.3 is 0 Å². The third-order valence-corrected chi connectivity index (χ3v) is 4.68. The first-order valence-electron chi connectivity index (χ1n) is 6.98. The molecule has 0 unspecified atom stereocenters. The number of fused-ring (bicyclic) bond motifs is 2. The van der Waals surface area contributed by atoms with E-state index in [1.807, 2.05) is 17.6 Å². The number of hydrogen-bond donors (Lipinski definition) is 1. The Bertz CT molecular complexity index is 807. The van der Waals surface area contributed by atoms with Gasteiger partial charge in [0.1, 0.15) is 5.82 Å². The number of benzene rings is 1. The Hall–Kier alpha value is -1.92. The van der Waals surface area contributed by atoms with Crippen LogP contribution in [0.3, 0.4) is 0 Å². The Labute approximate surface area is 125 Å². The molecule has 0 saturated carbocycles. The standard InChI is InChI=1S/C15H15FN4S/c16-11-2-1-10-4-6-19(13(10)9-11)14-12(3-5-17)20-7-8-21-15(20)18-14/h1-2,7-9H,3-6,17H2. The first-order valence-corrected chi connectivity index (χ1v) is 7.86. The molecule has 2 N–H and O–H groups in total. The molecule has 0 bridgehead atoms. The van der Waals surface area contributed by atoms with Crippen molar-refractivity contribution in [2.45, 2.75) is 12.8 Å². The molecule has 21 heavy (non-hydrogen) atoms. The molecule has 0 saturated heterocycles. The summed E-state index contributed by atoms with van der Waals surface area (Å²) in [6.07, 6.45) is 3.70. The quantitative estimate of drug-likeness (QED) is 0.809. The summed E-state index contributed by atoms with van der Waals surface area (Å²) in [5, 5.41) is 2.02. The van der Waals surface area contributed by atoms with E-state index in [0.717, 1.165) is 41.5 Å². The number of nitrogens with zero attached hydrogens (tertiary/aromatic N) is 3. The highest BCUT2D eigenvalue weighted by molar-refractivity contribution is 7.15. The maximum absolute atomic E-state index is 13.6. The van der Waals surface area contributed by atoms with Crippen molar-refractivity contribution in [3.05, 3.63) is 46.9 Å². The number of nitrogens with two attached hydrogens (primary N) is 1. The third-order valence-electron chi connectivity index (χ3n) is 3.92. The van der Waals surface area contributed by atoms with Crippen LogP contribution in [-0.2, 0) is 12.8 Å².